The molecule has 0 spiro atoms. The van der Waals surface area contributed by atoms with Crippen LogP contribution in [0.1, 0.15) is 29.7 Å². The summed E-state index contributed by atoms with van der Waals surface area (Å²) in [6.45, 7) is 4.92. The normalized spacial score (nSPS) is 15.9. The summed E-state index contributed by atoms with van der Waals surface area (Å²) in [7, 11) is 0. The highest BCUT2D eigenvalue weighted by Crippen LogP contribution is 2.22. The number of aryl methyl sites for hydroxylation is 1. The summed E-state index contributed by atoms with van der Waals surface area (Å²) in [5, 5.41) is 0. The zero-order valence-electron chi connectivity index (χ0n) is 16.3. The number of piperidine rings is 1. The molecule has 0 saturated carbocycles. The number of likely N-dealkylation sites (tertiary alicyclic amines) is 1. The van der Waals surface area contributed by atoms with E-state index in [1.165, 1.54) is 5.56 Å². The van der Waals surface area contributed by atoms with Crippen molar-refractivity contribution in [2.75, 3.05) is 19.6 Å². The minimum absolute atomic E-state index is 0.0503. The Kier molecular flexibility index (Phi) is 5.53. The van der Waals surface area contributed by atoms with Gasteiger partial charge in [0.15, 0.2) is 0 Å². The molecule has 0 aliphatic carbocycles. The van der Waals surface area contributed by atoms with E-state index in [1.807, 2.05) is 37.3 Å². The molecule has 0 unspecified atom stereocenters. The van der Waals surface area contributed by atoms with Gasteiger partial charge in [-0.25, -0.2) is 9.37 Å². The van der Waals surface area contributed by atoms with E-state index in [0.29, 0.717) is 11.6 Å². The lowest BCUT2D eigenvalue weighted by molar-refractivity contribution is 0.185. The molecule has 5 heteroatoms. The minimum Gasteiger partial charge on any atom is -0.303 e. The molecule has 1 aromatic carbocycles. The monoisotopic (exact) mass is 379 g/mol. The van der Waals surface area contributed by atoms with Crippen molar-refractivity contribution in [3.05, 3.63) is 81.7 Å². The molecule has 2 aromatic heterocycles. The maximum atomic E-state index is 13.0. The van der Waals surface area contributed by atoms with Crippen molar-refractivity contribution < 1.29 is 4.39 Å². The topological polar surface area (TPSA) is 37.6 Å². The van der Waals surface area contributed by atoms with Crippen LogP contribution in [0.5, 0.6) is 0 Å². The third-order valence-electron chi connectivity index (χ3n) is 5.86. The Hall–Kier alpha value is -2.53. The lowest BCUT2D eigenvalue weighted by atomic mass is 9.90. The molecule has 4 nitrogen and oxygen atoms in total. The van der Waals surface area contributed by atoms with Crippen LogP contribution < -0.4 is 5.56 Å². The smallest absolute Gasteiger partial charge is 0.261 e. The second-order valence-corrected chi connectivity index (χ2v) is 7.78. The molecular weight excluding hydrogens is 353 g/mol. The van der Waals surface area contributed by atoms with Crippen LogP contribution >= 0.6 is 0 Å². The molecular formula is C23H26FN3O. The van der Waals surface area contributed by atoms with Gasteiger partial charge in [-0.3, -0.25) is 9.20 Å². The number of pyridine rings is 1. The van der Waals surface area contributed by atoms with Crippen LogP contribution in [0.2, 0.25) is 0 Å². The van der Waals surface area contributed by atoms with Gasteiger partial charge in [-0.1, -0.05) is 18.2 Å². The summed E-state index contributed by atoms with van der Waals surface area (Å²) >= 11 is 0. The van der Waals surface area contributed by atoms with Gasteiger partial charge < -0.3 is 4.90 Å². The Morgan fingerprint density at radius 2 is 1.86 bits per heavy atom. The van der Waals surface area contributed by atoms with Crippen molar-refractivity contribution in [2.24, 2.45) is 5.92 Å². The van der Waals surface area contributed by atoms with Gasteiger partial charge in [0.1, 0.15) is 11.5 Å². The highest BCUT2D eigenvalue weighted by Gasteiger charge is 2.20. The van der Waals surface area contributed by atoms with Crippen LogP contribution in [0, 0.1) is 18.7 Å². The molecule has 0 bridgehead atoms. The van der Waals surface area contributed by atoms with E-state index in [2.05, 4.69) is 9.88 Å². The van der Waals surface area contributed by atoms with Crippen LogP contribution in [0.25, 0.3) is 5.65 Å². The molecule has 146 valence electrons. The third kappa shape index (κ3) is 4.14. The lowest BCUT2D eigenvalue weighted by Gasteiger charge is -2.32. The summed E-state index contributed by atoms with van der Waals surface area (Å²) < 4.78 is 14.7. The van der Waals surface area contributed by atoms with E-state index in [4.69, 9.17) is 0 Å². The minimum atomic E-state index is -0.173. The maximum absolute atomic E-state index is 13.0. The fourth-order valence-electron chi connectivity index (χ4n) is 4.16. The van der Waals surface area contributed by atoms with Gasteiger partial charge in [-0.2, -0.15) is 0 Å². The molecule has 0 atom stereocenters. The van der Waals surface area contributed by atoms with Crippen LogP contribution in [0.15, 0.2) is 53.5 Å². The Bertz CT molecular complexity index is 1000. The van der Waals surface area contributed by atoms with E-state index >= 15 is 0 Å². The lowest BCUT2D eigenvalue weighted by Crippen LogP contribution is -2.36. The van der Waals surface area contributed by atoms with Gasteiger partial charge in [-0.05, 0) is 81.4 Å². The summed E-state index contributed by atoms with van der Waals surface area (Å²) in [5.41, 5.74) is 3.62. The van der Waals surface area contributed by atoms with Crippen LogP contribution in [0.4, 0.5) is 4.39 Å². The molecule has 0 N–H and O–H groups in total. The number of hydrogen-bond donors (Lipinski definition) is 0. The van der Waals surface area contributed by atoms with E-state index in [1.54, 1.807) is 22.7 Å². The van der Waals surface area contributed by atoms with E-state index in [0.717, 1.165) is 56.6 Å². The first-order chi connectivity index (χ1) is 13.6. The molecule has 1 aliphatic heterocycles. The van der Waals surface area contributed by atoms with Gasteiger partial charge in [0.2, 0.25) is 0 Å². The van der Waals surface area contributed by atoms with E-state index in [9.17, 15) is 9.18 Å². The molecule has 4 rings (SSSR count). The summed E-state index contributed by atoms with van der Waals surface area (Å²) in [5.74, 6) is 0.476. The predicted molar refractivity (Wildman–Crippen MR) is 109 cm³/mol. The van der Waals surface area contributed by atoms with Crippen molar-refractivity contribution in [1.29, 1.82) is 0 Å². The number of hydrogen-bond acceptors (Lipinski definition) is 3. The van der Waals surface area contributed by atoms with E-state index < -0.39 is 0 Å². The molecule has 28 heavy (non-hydrogen) atoms. The van der Waals surface area contributed by atoms with Gasteiger partial charge in [0, 0.05) is 24.0 Å². The van der Waals surface area contributed by atoms with Crippen molar-refractivity contribution in [3.63, 3.8) is 0 Å². The molecule has 3 heterocycles. The summed E-state index contributed by atoms with van der Waals surface area (Å²) in [6, 6.07) is 12.5. The highest BCUT2D eigenvalue weighted by atomic mass is 19.1. The number of nitrogens with zero attached hydrogens (tertiary/aromatic N) is 3. The molecule has 1 saturated heterocycles. The first kappa shape index (κ1) is 18.8. The van der Waals surface area contributed by atoms with Crippen molar-refractivity contribution in [3.8, 4) is 0 Å². The Morgan fingerprint density at radius 3 is 2.61 bits per heavy atom. The SMILES string of the molecule is Cc1nc2ccccn2c(=O)c1CCN1CCC(Cc2ccc(F)cc2)CC1. The zero-order valence-corrected chi connectivity index (χ0v) is 16.3. The molecule has 1 aliphatic rings. The fourth-order valence-corrected chi connectivity index (χ4v) is 4.16. The molecule has 1 fully saturated rings. The second kappa shape index (κ2) is 8.23. The quantitative estimate of drug-likeness (QED) is 0.679. The van der Waals surface area contributed by atoms with Crippen molar-refractivity contribution in [1.82, 2.24) is 14.3 Å². The Labute approximate surface area is 164 Å². The number of fused-ring (bicyclic) bond motifs is 1. The number of halogens is 1. The first-order valence-electron chi connectivity index (χ1n) is 10.0. The second-order valence-electron chi connectivity index (χ2n) is 7.78. The Morgan fingerprint density at radius 1 is 1.11 bits per heavy atom. The fraction of sp³-hybridized carbons (Fsp3) is 0.391. The van der Waals surface area contributed by atoms with Crippen LogP contribution in [-0.2, 0) is 12.8 Å². The summed E-state index contributed by atoms with van der Waals surface area (Å²) in [6.07, 6.45) is 5.83. The van der Waals surface area contributed by atoms with Gasteiger partial charge >= 0.3 is 0 Å². The Balaban J connectivity index is 1.34. The average molecular weight is 379 g/mol. The number of aromatic nitrogens is 2. The summed E-state index contributed by atoms with van der Waals surface area (Å²) in [4.78, 5) is 19.8. The van der Waals surface area contributed by atoms with Crippen LogP contribution in [-0.4, -0.2) is 33.9 Å². The average Bonchev–Trinajstić information content (AvgIpc) is 2.71. The molecule has 0 amide bonds. The standard InChI is InChI=1S/C23H26FN3O/c1-17-21(23(28)27-12-3-2-4-22(27)25-17)11-15-26-13-9-19(10-14-26)16-18-5-7-20(24)8-6-18/h2-8,12,19H,9-11,13-16H2,1H3. The van der Waals surface area contributed by atoms with E-state index in [-0.39, 0.29) is 11.4 Å². The van der Waals surface area contributed by atoms with Crippen molar-refractivity contribution in [2.45, 2.75) is 32.6 Å². The van der Waals surface area contributed by atoms with Gasteiger partial charge in [0.25, 0.3) is 5.56 Å². The van der Waals surface area contributed by atoms with Crippen LogP contribution in [0.3, 0.4) is 0 Å². The molecule has 3 aromatic rings. The number of rotatable bonds is 5. The maximum Gasteiger partial charge on any atom is 0.261 e. The molecule has 0 radical (unpaired) electrons. The zero-order chi connectivity index (χ0) is 19.5. The first-order valence-corrected chi connectivity index (χ1v) is 10.0. The largest absolute Gasteiger partial charge is 0.303 e. The third-order valence-corrected chi connectivity index (χ3v) is 5.86. The van der Waals surface area contributed by atoms with Crippen molar-refractivity contribution >= 4 is 5.65 Å². The van der Waals surface area contributed by atoms with Gasteiger partial charge in [0.05, 0.1) is 0 Å². The predicted octanol–water partition coefficient (Wildman–Crippen LogP) is 3.64. The van der Waals surface area contributed by atoms with Gasteiger partial charge in [-0.15, -0.1) is 0 Å². The number of benzene rings is 1. The highest BCUT2D eigenvalue weighted by molar-refractivity contribution is 5.40.